The fourth-order valence-corrected chi connectivity index (χ4v) is 3.24. The highest BCUT2D eigenvalue weighted by molar-refractivity contribution is 7.53. The largest absolute Gasteiger partial charge is 0.335 e. The van der Waals surface area contributed by atoms with Crippen molar-refractivity contribution >= 4 is 7.60 Å². The number of hydrogen-bond donors (Lipinski definition) is 0. The zero-order valence-electron chi connectivity index (χ0n) is 10.1. The lowest BCUT2D eigenvalue weighted by Gasteiger charge is -2.17. The predicted octanol–water partition coefficient (Wildman–Crippen LogP) is 3.76. The smallest absolute Gasteiger partial charge is 0.309 e. The molecule has 0 aliphatic rings. The summed E-state index contributed by atoms with van der Waals surface area (Å²) >= 11 is 0. The van der Waals surface area contributed by atoms with E-state index in [-0.39, 0.29) is 0 Å². The average Bonchev–Trinajstić information content (AvgIpc) is 2.17. The molecule has 0 heterocycles. The van der Waals surface area contributed by atoms with Gasteiger partial charge in [-0.1, -0.05) is 29.8 Å². The van der Waals surface area contributed by atoms with E-state index in [4.69, 9.17) is 9.05 Å². The van der Waals surface area contributed by atoms with Crippen LogP contribution in [0.3, 0.4) is 0 Å². The van der Waals surface area contributed by atoms with E-state index in [0.29, 0.717) is 19.4 Å². The van der Waals surface area contributed by atoms with Crippen LogP contribution >= 0.6 is 7.60 Å². The van der Waals surface area contributed by atoms with E-state index in [1.165, 1.54) is 0 Å². The topological polar surface area (TPSA) is 35.5 Å². The maximum atomic E-state index is 12.2. The van der Waals surface area contributed by atoms with Crippen LogP contribution in [0, 0.1) is 6.92 Å². The van der Waals surface area contributed by atoms with Gasteiger partial charge in [-0.05, 0) is 26.3 Å². The van der Waals surface area contributed by atoms with Crippen molar-refractivity contribution in [1.82, 2.24) is 0 Å². The van der Waals surface area contributed by atoms with E-state index in [1.54, 1.807) is 0 Å². The summed E-state index contributed by atoms with van der Waals surface area (Å²) in [7, 11) is -2.96. The lowest BCUT2D eigenvalue weighted by atomic mass is 10.2. The summed E-state index contributed by atoms with van der Waals surface area (Å²) in [6, 6.07) is 7.91. The third kappa shape index (κ3) is 4.09. The quantitative estimate of drug-likeness (QED) is 0.712. The Labute approximate surface area is 97.3 Å². The van der Waals surface area contributed by atoms with Gasteiger partial charge in [-0.25, -0.2) is 0 Å². The Balaban J connectivity index is 2.79. The van der Waals surface area contributed by atoms with Crippen molar-refractivity contribution in [2.24, 2.45) is 0 Å². The molecule has 0 radical (unpaired) electrons. The summed E-state index contributed by atoms with van der Waals surface area (Å²) in [5.74, 6) is 0. The maximum absolute atomic E-state index is 12.2. The SMILES string of the molecule is CCOP(=O)(Cc1cccc(C)c1)OCC. The van der Waals surface area contributed by atoms with Gasteiger partial charge >= 0.3 is 7.60 Å². The first kappa shape index (κ1) is 13.4. The van der Waals surface area contributed by atoms with Crippen LogP contribution in [-0.4, -0.2) is 13.2 Å². The van der Waals surface area contributed by atoms with Gasteiger partial charge in [0.1, 0.15) is 0 Å². The van der Waals surface area contributed by atoms with Crippen LogP contribution in [0.5, 0.6) is 0 Å². The monoisotopic (exact) mass is 242 g/mol. The van der Waals surface area contributed by atoms with E-state index in [1.807, 2.05) is 45.0 Å². The summed E-state index contributed by atoms with van der Waals surface area (Å²) in [5, 5.41) is 0. The van der Waals surface area contributed by atoms with Crippen LogP contribution in [0.25, 0.3) is 0 Å². The highest BCUT2D eigenvalue weighted by atomic mass is 31.2. The Hall–Kier alpha value is -0.630. The molecule has 0 unspecified atom stereocenters. The van der Waals surface area contributed by atoms with E-state index in [0.717, 1.165) is 11.1 Å². The molecule has 0 saturated carbocycles. The normalized spacial score (nSPS) is 11.7. The van der Waals surface area contributed by atoms with Crippen LogP contribution in [-0.2, 0) is 19.8 Å². The van der Waals surface area contributed by atoms with Crippen molar-refractivity contribution in [3.05, 3.63) is 35.4 Å². The lowest BCUT2D eigenvalue weighted by molar-refractivity contribution is 0.219. The maximum Gasteiger partial charge on any atom is 0.335 e. The summed E-state index contributed by atoms with van der Waals surface area (Å²) < 4.78 is 22.7. The van der Waals surface area contributed by atoms with Gasteiger partial charge in [0.15, 0.2) is 0 Å². The van der Waals surface area contributed by atoms with Gasteiger partial charge < -0.3 is 9.05 Å². The Kier molecular flexibility index (Phi) is 5.20. The summed E-state index contributed by atoms with van der Waals surface area (Å²) in [5.41, 5.74) is 2.14. The van der Waals surface area contributed by atoms with Crippen molar-refractivity contribution < 1.29 is 13.6 Å². The van der Waals surface area contributed by atoms with Crippen molar-refractivity contribution in [2.45, 2.75) is 26.9 Å². The molecule has 0 spiro atoms. The third-order valence-electron chi connectivity index (χ3n) is 2.11. The van der Waals surface area contributed by atoms with E-state index in [2.05, 4.69) is 0 Å². The minimum Gasteiger partial charge on any atom is -0.309 e. The van der Waals surface area contributed by atoms with Crippen LogP contribution in [0.1, 0.15) is 25.0 Å². The second kappa shape index (κ2) is 6.19. The molecule has 0 aromatic heterocycles. The summed E-state index contributed by atoms with van der Waals surface area (Å²) in [4.78, 5) is 0. The molecular weight excluding hydrogens is 223 g/mol. The molecule has 0 atom stereocenters. The van der Waals surface area contributed by atoms with Crippen molar-refractivity contribution in [2.75, 3.05) is 13.2 Å². The highest BCUT2D eigenvalue weighted by Crippen LogP contribution is 2.51. The van der Waals surface area contributed by atoms with Gasteiger partial charge in [-0.3, -0.25) is 4.57 Å². The fraction of sp³-hybridized carbons (Fsp3) is 0.500. The zero-order valence-corrected chi connectivity index (χ0v) is 11.0. The fourth-order valence-electron chi connectivity index (χ4n) is 1.56. The number of rotatable bonds is 6. The minimum absolute atomic E-state index is 0.344. The molecule has 1 aromatic carbocycles. The van der Waals surface area contributed by atoms with E-state index < -0.39 is 7.60 Å². The molecule has 16 heavy (non-hydrogen) atoms. The Morgan fingerprint density at radius 1 is 1.19 bits per heavy atom. The molecule has 3 nitrogen and oxygen atoms in total. The molecule has 90 valence electrons. The second-order valence-corrected chi connectivity index (χ2v) is 5.65. The molecule has 0 aliphatic heterocycles. The molecule has 1 aromatic rings. The van der Waals surface area contributed by atoms with Crippen molar-refractivity contribution in [1.29, 1.82) is 0 Å². The molecule has 0 saturated heterocycles. The first-order valence-electron chi connectivity index (χ1n) is 5.53. The van der Waals surface area contributed by atoms with Gasteiger partial charge in [0, 0.05) is 0 Å². The highest BCUT2D eigenvalue weighted by Gasteiger charge is 2.23. The average molecular weight is 242 g/mol. The van der Waals surface area contributed by atoms with Gasteiger partial charge in [0.05, 0.1) is 19.4 Å². The zero-order chi connectivity index (χ0) is 12.0. The minimum atomic E-state index is -2.96. The Bertz CT molecular complexity index is 366. The van der Waals surface area contributed by atoms with Crippen molar-refractivity contribution in [3.63, 3.8) is 0 Å². The van der Waals surface area contributed by atoms with Gasteiger partial charge in [0.25, 0.3) is 0 Å². The Morgan fingerprint density at radius 2 is 1.81 bits per heavy atom. The lowest BCUT2D eigenvalue weighted by Crippen LogP contribution is -1.99. The van der Waals surface area contributed by atoms with Gasteiger partial charge in [-0.15, -0.1) is 0 Å². The molecule has 0 N–H and O–H groups in total. The third-order valence-corrected chi connectivity index (χ3v) is 4.17. The molecule has 1 rings (SSSR count). The summed E-state index contributed by atoms with van der Waals surface area (Å²) in [6.07, 6.45) is 0.344. The van der Waals surface area contributed by atoms with Crippen LogP contribution in [0.2, 0.25) is 0 Å². The van der Waals surface area contributed by atoms with Crippen LogP contribution in [0.4, 0.5) is 0 Å². The first-order valence-corrected chi connectivity index (χ1v) is 7.26. The number of hydrogen-bond acceptors (Lipinski definition) is 3. The molecule has 0 bridgehead atoms. The Morgan fingerprint density at radius 3 is 2.31 bits per heavy atom. The number of aryl methyl sites for hydroxylation is 1. The molecular formula is C12H19O3P. The number of benzene rings is 1. The molecule has 0 fully saturated rings. The second-order valence-electron chi connectivity index (χ2n) is 3.59. The molecule has 4 heteroatoms. The standard InChI is InChI=1S/C12H19O3P/c1-4-14-16(13,15-5-2)10-12-8-6-7-11(3)9-12/h6-9H,4-5,10H2,1-3H3. The van der Waals surface area contributed by atoms with Crippen molar-refractivity contribution in [3.8, 4) is 0 Å². The van der Waals surface area contributed by atoms with Gasteiger partial charge in [0.2, 0.25) is 0 Å². The van der Waals surface area contributed by atoms with E-state index >= 15 is 0 Å². The van der Waals surface area contributed by atoms with Crippen LogP contribution in [0.15, 0.2) is 24.3 Å². The molecule has 0 aliphatic carbocycles. The van der Waals surface area contributed by atoms with E-state index in [9.17, 15) is 4.57 Å². The van der Waals surface area contributed by atoms with Crippen LogP contribution < -0.4 is 0 Å². The summed E-state index contributed by atoms with van der Waals surface area (Å²) in [6.45, 7) is 6.46. The van der Waals surface area contributed by atoms with Gasteiger partial charge in [-0.2, -0.15) is 0 Å². The predicted molar refractivity (Wildman–Crippen MR) is 65.7 cm³/mol. The molecule has 0 amide bonds. The first-order chi connectivity index (χ1) is 7.59.